The number of esters is 2. The lowest BCUT2D eigenvalue weighted by atomic mass is 9.95. The maximum absolute atomic E-state index is 12.9. The summed E-state index contributed by atoms with van der Waals surface area (Å²) in [6.45, 7) is 15.4. The van der Waals surface area contributed by atoms with Crippen LogP contribution in [0.25, 0.3) is 0 Å². The summed E-state index contributed by atoms with van der Waals surface area (Å²) in [4.78, 5) is 25.6. The normalized spacial score (nSPS) is 12.2. The summed E-state index contributed by atoms with van der Waals surface area (Å²) in [5.41, 5.74) is 0.212. The van der Waals surface area contributed by atoms with Crippen molar-refractivity contribution in [2.24, 2.45) is 5.92 Å². The molecule has 0 heterocycles. The topological polar surface area (TPSA) is 52.6 Å². The molecule has 1 aromatic carbocycles. The largest absolute Gasteiger partial charge is 0.456 e. The highest BCUT2D eigenvalue weighted by atomic mass is 16.6. The zero-order valence-electron chi connectivity index (χ0n) is 19.0. The van der Waals surface area contributed by atoms with Gasteiger partial charge in [-0.1, -0.05) is 45.2 Å². The van der Waals surface area contributed by atoms with E-state index in [2.05, 4.69) is 13.8 Å². The van der Waals surface area contributed by atoms with Gasteiger partial charge in [-0.05, 0) is 71.9 Å². The second kappa shape index (κ2) is 10.1. The zero-order valence-corrected chi connectivity index (χ0v) is 19.0. The molecule has 4 heteroatoms. The molecule has 0 atom stereocenters. The van der Waals surface area contributed by atoms with E-state index in [1.54, 1.807) is 6.07 Å². The fraction of sp³-hybridized carbons (Fsp3) is 0.667. The number of hydrogen-bond donors (Lipinski definition) is 0. The third-order valence-corrected chi connectivity index (χ3v) is 4.10. The summed E-state index contributed by atoms with van der Waals surface area (Å²) in [5, 5.41) is 0. The number of carbonyl (C=O) groups excluding carboxylic acids is 2. The third kappa shape index (κ3) is 8.90. The Hall–Kier alpha value is -1.84. The minimum absolute atomic E-state index is 0.281. The molecule has 0 saturated carbocycles. The number of rotatable bonds is 8. The van der Waals surface area contributed by atoms with Gasteiger partial charge in [0, 0.05) is 0 Å². The molecule has 158 valence electrons. The Labute approximate surface area is 171 Å². The molecule has 0 bridgehead atoms. The second-order valence-electron chi connectivity index (χ2n) is 9.84. The van der Waals surface area contributed by atoms with E-state index in [0.717, 1.165) is 24.8 Å². The number of benzene rings is 1. The van der Waals surface area contributed by atoms with Crippen LogP contribution in [0.2, 0.25) is 0 Å². The van der Waals surface area contributed by atoms with Crippen LogP contribution in [-0.2, 0) is 15.9 Å². The predicted molar refractivity (Wildman–Crippen MR) is 114 cm³/mol. The molecule has 28 heavy (non-hydrogen) atoms. The molecule has 0 aliphatic carbocycles. The Morgan fingerprint density at radius 1 is 0.857 bits per heavy atom. The molecule has 4 nitrogen and oxygen atoms in total. The van der Waals surface area contributed by atoms with Crippen LogP contribution in [0.1, 0.15) is 107 Å². The Morgan fingerprint density at radius 3 is 1.96 bits per heavy atom. The quantitative estimate of drug-likeness (QED) is 0.383. The summed E-state index contributed by atoms with van der Waals surface area (Å²) in [5.74, 6) is -0.256. The predicted octanol–water partition coefficient (Wildman–Crippen LogP) is 6.36. The van der Waals surface area contributed by atoms with Gasteiger partial charge < -0.3 is 9.47 Å². The van der Waals surface area contributed by atoms with E-state index < -0.39 is 23.1 Å². The van der Waals surface area contributed by atoms with E-state index >= 15 is 0 Å². The van der Waals surface area contributed by atoms with Gasteiger partial charge in [0.25, 0.3) is 0 Å². The minimum Gasteiger partial charge on any atom is -0.456 e. The second-order valence-corrected chi connectivity index (χ2v) is 9.84. The van der Waals surface area contributed by atoms with Crippen LogP contribution in [0.4, 0.5) is 0 Å². The Bertz CT molecular complexity index is 660. The van der Waals surface area contributed by atoms with Crippen molar-refractivity contribution in [1.82, 2.24) is 0 Å². The van der Waals surface area contributed by atoms with Crippen molar-refractivity contribution in [3.05, 3.63) is 34.9 Å². The van der Waals surface area contributed by atoms with Gasteiger partial charge in [0.2, 0.25) is 0 Å². The third-order valence-electron chi connectivity index (χ3n) is 4.10. The SMILES string of the molecule is CC(C)CCCCCc1cccc(C(=O)OC(C)(C)C)c1C(=O)OC(C)(C)C. The van der Waals surface area contributed by atoms with Crippen LogP contribution in [-0.4, -0.2) is 23.1 Å². The molecule has 0 aliphatic rings. The van der Waals surface area contributed by atoms with Crippen LogP contribution in [0.15, 0.2) is 18.2 Å². The molecule has 0 aliphatic heterocycles. The molecule has 0 fully saturated rings. The van der Waals surface area contributed by atoms with E-state index in [1.165, 1.54) is 12.8 Å². The zero-order chi connectivity index (χ0) is 21.5. The van der Waals surface area contributed by atoms with Gasteiger partial charge >= 0.3 is 11.9 Å². The Balaban J connectivity index is 3.11. The summed E-state index contributed by atoms with van der Waals surface area (Å²) < 4.78 is 11.1. The van der Waals surface area contributed by atoms with Crippen LogP contribution in [0.3, 0.4) is 0 Å². The Morgan fingerprint density at radius 2 is 1.43 bits per heavy atom. The van der Waals surface area contributed by atoms with E-state index in [9.17, 15) is 9.59 Å². The van der Waals surface area contributed by atoms with Gasteiger partial charge in [0.1, 0.15) is 11.2 Å². The van der Waals surface area contributed by atoms with Crippen LogP contribution >= 0.6 is 0 Å². The summed E-state index contributed by atoms with van der Waals surface area (Å²) >= 11 is 0. The van der Waals surface area contributed by atoms with E-state index in [0.29, 0.717) is 11.5 Å². The van der Waals surface area contributed by atoms with Gasteiger partial charge in [-0.2, -0.15) is 0 Å². The minimum atomic E-state index is -0.632. The fourth-order valence-corrected chi connectivity index (χ4v) is 2.93. The van der Waals surface area contributed by atoms with E-state index in [1.807, 2.05) is 53.7 Å². The lowest BCUT2D eigenvalue weighted by molar-refractivity contribution is 0.00176. The maximum Gasteiger partial charge on any atom is 0.339 e. The van der Waals surface area contributed by atoms with Gasteiger partial charge in [-0.15, -0.1) is 0 Å². The number of ether oxygens (including phenoxy) is 2. The van der Waals surface area contributed by atoms with Crippen LogP contribution in [0.5, 0.6) is 0 Å². The van der Waals surface area contributed by atoms with Gasteiger partial charge in [0.05, 0.1) is 11.1 Å². The van der Waals surface area contributed by atoms with E-state index in [-0.39, 0.29) is 5.56 Å². The lowest BCUT2D eigenvalue weighted by Gasteiger charge is -2.23. The highest BCUT2D eigenvalue weighted by molar-refractivity contribution is 6.04. The van der Waals surface area contributed by atoms with E-state index in [4.69, 9.17) is 9.47 Å². The summed E-state index contributed by atoms with van der Waals surface area (Å²) in [6, 6.07) is 5.38. The highest BCUT2D eigenvalue weighted by Gasteiger charge is 2.28. The number of unbranched alkanes of at least 4 members (excludes halogenated alkanes) is 2. The molecular weight excluding hydrogens is 352 g/mol. The van der Waals surface area contributed by atoms with Crippen LogP contribution in [0, 0.1) is 5.92 Å². The standard InChI is InChI=1S/C24H38O4/c1-17(2)13-10-9-11-14-18-15-12-16-19(21(25)27-23(3,4)5)20(18)22(26)28-24(6,7)8/h12,15-17H,9-11,13-14H2,1-8H3. The van der Waals surface area contributed by atoms with Crippen molar-refractivity contribution in [3.63, 3.8) is 0 Å². The van der Waals surface area contributed by atoms with Crippen molar-refractivity contribution in [1.29, 1.82) is 0 Å². The van der Waals surface area contributed by atoms with Crippen molar-refractivity contribution in [2.75, 3.05) is 0 Å². The van der Waals surface area contributed by atoms with Crippen LogP contribution < -0.4 is 0 Å². The number of aryl methyl sites for hydroxylation is 1. The first-order valence-electron chi connectivity index (χ1n) is 10.4. The van der Waals surface area contributed by atoms with Gasteiger partial charge in [-0.25, -0.2) is 9.59 Å². The van der Waals surface area contributed by atoms with Gasteiger partial charge in [0.15, 0.2) is 0 Å². The molecule has 1 aromatic rings. The summed E-state index contributed by atoms with van der Waals surface area (Å²) in [6.07, 6.45) is 5.19. The van der Waals surface area contributed by atoms with Gasteiger partial charge in [-0.3, -0.25) is 0 Å². The highest BCUT2D eigenvalue weighted by Crippen LogP contribution is 2.24. The molecule has 0 amide bonds. The van der Waals surface area contributed by atoms with Crippen molar-refractivity contribution < 1.29 is 19.1 Å². The lowest BCUT2D eigenvalue weighted by Crippen LogP contribution is -2.28. The first-order chi connectivity index (χ1) is 12.8. The van der Waals surface area contributed by atoms with Crippen molar-refractivity contribution in [2.45, 2.75) is 98.7 Å². The molecular formula is C24H38O4. The first kappa shape index (κ1) is 24.2. The molecule has 0 spiro atoms. The Kier molecular flexibility index (Phi) is 8.72. The molecule has 1 rings (SSSR count). The molecule has 0 radical (unpaired) electrons. The average molecular weight is 391 g/mol. The van der Waals surface area contributed by atoms with Crippen molar-refractivity contribution in [3.8, 4) is 0 Å². The summed E-state index contributed by atoms with van der Waals surface area (Å²) in [7, 11) is 0. The molecule has 0 unspecified atom stereocenters. The van der Waals surface area contributed by atoms with Crippen molar-refractivity contribution >= 4 is 11.9 Å². The maximum atomic E-state index is 12.9. The monoisotopic (exact) mass is 390 g/mol. The molecule has 0 saturated heterocycles. The number of hydrogen-bond acceptors (Lipinski definition) is 4. The molecule has 0 aromatic heterocycles. The average Bonchev–Trinajstić information content (AvgIpc) is 2.50. The first-order valence-corrected chi connectivity index (χ1v) is 10.4. The fourth-order valence-electron chi connectivity index (χ4n) is 2.93. The number of carbonyl (C=O) groups is 2. The molecule has 0 N–H and O–H groups in total. The smallest absolute Gasteiger partial charge is 0.339 e.